The van der Waals surface area contributed by atoms with Crippen LogP contribution in [0.5, 0.6) is 0 Å². The first kappa shape index (κ1) is 13.9. The highest BCUT2D eigenvalue weighted by molar-refractivity contribution is 9.10. The van der Waals surface area contributed by atoms with Gasteiger partial charge in [0.05, 0.1) is 24.3 Å². The van der Waals surface area contributed by atoms with E-state index in [1.807, 2.05) is 18.2 Å². The Labute approximate surface area is 109 Å². The summed E-state index contributed by atoms with van der Waals surface area (Å²) >= 11 is 9.26. The van der Waals surface area contributed by atoms with Gasteiger partial charge < -0.3 is 15.2 Å². The van der Waals surface area contributed by atoms with Gasteiger partial charge in [0.25, 0.3) is 0 Å². The molecule has 0 amide bonds. The van der Waals surface area contributed by atoms with Crippen LogP contribution < -0.4 is 5.32 Å². The molecule has 0 aliphatic rings. The molecule has 0 aliphatic heterocycles. The lowest BCUT2D eigenvalue weighted by atomic mass is 10.2. The number of aliphatic hydroxyl groups is 1. The third-order valence-electron chi connectivity index (χ3n) is 2.17. The number of hydrogen-bond acceptors (Lipinski definition) is 3. The lowest BCUT2D eigenvalue weighted by molar-refractivity contribution is 0.128. The molecule has 2 N–H and O–H groups in total. The van der Waals surface area contributed by atoms with Crippen LogP contribution in [0.1, 0.15) is 5.56 Å². The van der Waals surface area contributed by atoms with Gasteiger partial charge in [-0.05, 0) is 33.6 Å². The first-order valence-electron chi connectivity index (χ1n) is 4.94. The second-order valence-electron chi connectivity index (χ2n) is 3.46. The quantitative estimate of drug-likeness (QED) is 0.846. The number of nitrogens with one attached hydrogen (secondary N) is 1. The van der Waals surface area contributed by atoms with E-state index >= 15 is 0 Å². The van der Waals surface area contributed by atoms with E-state index in [-0.39, 0.29) is 12.6 Å². The Morgan fingerprint density at radius 1 is 1.56 bits per heavy atom. The average molecular weight is 309 g/mol. The Balaban J connectivity index is 2.50. The number of ether oxygens (including phenoxy) is 1. The number of benzene rings is 1. The van der Waals surface area contributed by atoms with Gasteiger partial charge >= 0.3 is 0 Å². The average Bonchev–Trinajstić information content (AvgIpc) is 2.28. The summed E-state index contributed by atoms with van der Waals surface area (Å²) in [6.07, 6.45) is 0. The molecule has 1 aromatic carbocycles. The van der Waals surface area contributed by atoms with E-state index in [4.69, 9.17) is 21.4 Å². The zero-order valence-electron chi connectivity index (χ0n) is 9.04. The highest BCUT2D eigenvalue weighted by Gasteiger charge is 2.06. The van der Waals surface area contributed by atoms with Gasteiger partial charge in [-0.15, -0.1) is 0 Å². The van der Waals surface area contributed by atoms with Crippen molar-refractivity contribution in [2.75, 3.05) is 20.3 Å². The Kier molecular flexibility index (Phi) is 6.31. The predicted octanol–water partition coefficient (Wildman–Crippen LogP) is 2.20. The summed E-state index contributed by atoms with van der Waals surface area (Å²) in [4.78, 5) is 0. The lowest BCUT2D eigenvalue weighted by Gasteiger charge is -2.15. The van der Waals surface area contributed by atoms with E-state index in [1.165, 1.54) is 0 Å². The number of hydrogen-bond donors (Lipinski definition) is 2. The van der Waals surface area contributed by atoms with E-state index in [0.717, 1.165) is 10.0 Å². The van der Waals surface area contributed by atoms with Crippen LogP contribution in [-0.4, -0.2) is 31.5 Å². The molecule has 1 aromatic rings. The maximum atomic E-state index is 9.06. The van der Waals surface area contributed by atoms with Crippen LogP contribution in [0.25, 0.3) is 0 Å². The summed E-state index contributed by atoms with van der Waals surface area (Å²) in [5.41, 5.74) is 1.10. The molecule has 0 aromatic heterocycles. The minimum Gasteiger partial charge on any atom is -0.395 e. The molecule has 16 heavy (non-hydrogen) atoms. The number of rotatable bonds is 6. The molecular weight excluding hydrogens is 293 g/mol. The van der Waals surface area contributed by atoms with E-state index in [1.54, 1.807) is 7.11 Å². The van der Waals surface area contributed by atoms with E-state index in [0.29, 0.717) is 18.2 Å². The fourth-order valence-corrected chi connectivity index (χ4v) is 1.83. The first-order valence-corrected chi connectivity index (χ1v) is 6.11. The smallest absolute Gasteiger partial charge is 0.0638 e. The summed E-state index contributed by atoms with van der Waals surface area (Å²) in [6.45, 7) is 1.22. The molecule has 0 radical (unpaired) electrons. The Bertz CT molecular complexity index is 336. The van der Waals surface area contributed by atoms with Crippen LogP contribution >= 0.6 is 27.5 Å². The van der Waals surface area contributed by atoms with Crippen LogP contribution in [0.15, 0.2) is 22.7 Å². The van der Waals surface area contributed by atoms with Crippen LogP contribution in [0.2, 0.25) is 5.02 Å². The minimum atomic E-state index is -0.0422. The number of methoxy groups -OCH3 is 1. The molecule has 0 heterocycles. The fourth-order valence-electron chi connectivity index (χ4n) is 1.29. The molecule has 0 fully saturated rings. The molecule has 0 saturated heterocycles. The zero-order valence-corrected chi connectivity index (χ0v) is 11.4. The lowest BCUT2D eigenvalue weighted by Crippen LogP contribution is -2.35. The predicted molar refractivity (Wildman–Crippen MR) is 68.7 cm³/mol. The summed E-state index contributed by atoms with van der Waals surface area (Å²) < 4.78 is 5.85. The van der Waals surface area contributed by atoms with Gasteiger partial charge in [0.15, 0.2) is 0 Å². The van der Waals surface area contributed by atoms with Crippen molar-refractivity contribution in [3.8, 4) is 0 Å². The molecule has 1 atom stereocenters. The molecular formula is C11H15BrClNO2. The van der Waals surface area contributed by atoms with Crippen LogP contribution in [0.4, 0.5) is 0 Å². The van der Waals surface area contributed by atoms with Gasteiger partial charge in [0.1, 0.15) is 0 Å². The molecule has 1 unspecified atom stereocenters. The fraction of sp³-hybridized carbons (Fsp3) is 0.455. The zero-order chi connectivity index (χ0) is 12.0. The van der Waals surface area contributed by atoms with Crippen molar-refractivity contribution in [2.45, 2.75) is 12.6 Å². The van der Waals surface area contributed by atoms with Crippen molar-refractivity contribution in [3.63, 3.8) is 0 Å². The van der Waals surface area contributed by atoms with Crippen molar-refractivity contribution in [1.29, 1.82) is 0 Å². The van der Waals surface area contributed by atoms with Gasteiger partial charge in [-0.3, -0.25) is 0 Å². The van der Waals surface area contributed by atoms with Crippen molar-refractivity contribution in [1.82, 2.24) is 5.32 Å². The van der Waals surface area contributed by atoms with Crippen molar-refractivity contribution >= 4 is 27.5 Å². The Morgan fingerprint density at radius 3 is 2.88 bits per heavy atom. The van der Waals surface area contributed by atoms with Gasteiger partial charge in [0.2, 0.25) is 0 Å². The van der Waals surface area contributed by atoms with Crippen LogP contribution in [0, 0.1) is 0 Å². The highest BCUT2D eigenvalue weighted by Crippen LogP contribution is 2.23. The van der Waals surface area contributed by atoms with Gasteiger partial charge in [-0.1, -0.05) is 17.7 Å². The topological polar surface area (TPSA) is 41.5 Å². The molecule has 0 saturated carbocycles. The van der Waals surface area contributed by atoms with E-state index in [9.17, 15) is 0 Å². The van der Waals surface area contributed by atoms with Crippen molar-refractivity contribution in [3.05, 3.63) is 33.3 Å². The minimum absolute atomic E-state index is 0.0422. The van der Waals surface area contributed by atoms with Gasteiger partial charge in [0, 0.05) is 18.1 Å². The molecule has 0 bridgehead atoms. The van der Waals surface area contributed by atoms with Crippen LogP contribution in [0.3, 0.4) is 0 Å². The molecule has 0 spiro atoms. The monoisotopic (exact) mass is 307 g/mol. The second kappa shape index (κ2) is 7.25. The standard InChI is InChI=1S/C11H15BrClNO2/c1-16-7-9(6-15)14-5-8-2-3-11(13)10(12)4-8/h2-4,9,14-15H,5-7H2,1H3. The maximum absolute atomic E-state index is 9.06. The SMILES string of the molecule is COCC(CO)NCc1ccc(Cl)c(Br)c1. The van der Waals surface area contributed by atoms with E-state index in [2.05, 4.69) is 21.2 Å². The Morgan fingerprint density at radius 2 is 2.31 bits per heavy atom. The molecule has 90 valence electrons. The third-order valence-corrected chi connectivity index (χ3v) is 3.38. The molecule has 1 rings (SSSR count). The summed E-state index contributed by atoms with van der Waals surface area (Å²) in [5, 5.41) is 12.9. The van der Waals surface area contributed by atoms with Crippen molar-refractivity contribution < 1.29 is 9.84 Å². The van der Waals surface area contributed by atoms with Crippen LogP contribution in [-0.2, 0) is 11.3 Å². The summed E-state index contributed by atoms with van der Waals surface area (Å²) in [7, 11) is 1.61. The highest BCUT2D eigenvalue weighted by atomic mass is 79.9. The molecule has 3 nitrogen and oxygen atoms in total. The first-order chi connectivity index (χ1) is 7.67. The number of halogens is 2. The third kappa shape index (κ3) is 4.39. The Hall–Kier alpha value is -0.130. The van der Waals surface area contributed by atoms with E-state index < -0.39 is 0 Å². The van der Waals surface area contributed by atoms with Gasteiger partial charge in [-0.2, -0.15) is 0 Å². The summed E-state index contributed by atoms with van der Waals surface area (Å²) in [5.74, 6) is 0. The molecule has 0 aliphatic carbocycles. The second-order valence-corrected chi connectivity index (χ2v) is 4.73. The van der Waals surface area contributed by atoms with Gasteiger partial charge in [-0.25, -0.2) is 0 Å². The summed E-state index contributed by atoms with van der Waals surface area (Å²) in [6, 6.07) is 5.70. The normalized spacial score (nSPS) is 12.8. The van der Waals surface area contributed by atoms with Crippen molar-refractivity contribution in [2.24, 2.45) is 0 Å². The largest absolute Gasteiger partial charge is 0.395 e. The molecule has 5 heteroatoms. The maximum Gasteiger partial charge on any atom is 0.0638 e. The number of aliphatic hydroxyl groups excluding tert-OH is 1.